The number of carboxylic acid groups (broad SMARTS) is 1. The molecule has 3 nitrogen and oxygen atoms in total. The first-order chi connectivity index (χ1) is 7.47. The smallest absolute Gasteiger partial charge is 0.310 e. The van der Waals surface area contributed by atoms with Crippen molar-refractivity contribution in [3.05, 3.63) is 24.8 Å². The molecule has 1 aromatic rings. The monoisotopic (exact) mass is 446 g/mol. The molecule has 5 heteroatoms. The predicted octanol–water partition coefficient (Wildman–Crippen LogP) is 3.57. The van der Waals surface area contributed by atoms with Gasteiger partial charge in [-0.2, -0.15) is 0 Å². The molecule has 1 atom stereocenters. The zero-order chi connectivity index (χ0) is 12.3. The van der Waals surface area contributed by atoms with Crippen LogP contribution in [0.2, 0.25) is 0 Å². The van der Waals surface area contributed by atoms with E-state index in [0.717, 1.165) is 12.0 Å². The lowest BCUT2D eigenvalue weighted by Gasteiger charge is -2.13. The largest absolute Gasteiger partial charge is 0.506 e. The van der Waals surface area contributed by atoms with Gasteiger partial charge in [-0.25, -0.2) is 0 Å². The second kappa shape index (κ2) is 6.04. The number of aliphatic carboxylic acids is 1. The lowest BCUT2D eigenvalue weighted by Crippen LogP contribution is -2.11. The minimum atomic E-state index is -0.806. The number of hydrogen-bond donors (Lipinski definition) is 2. The molecule has 0 spiro atoms. The number of rotatable bonds is 4. The molecule has 0 aliphatic rings. The average Bonchev–Trinajstić information content (AvgIpc) is 2.21. The van der Waals surface area contributed by atoms with E-state index in [1.54, 1.807) is 12.1 Å². The minimum Gasteiger partial charge on any atom is -0.506 e. The maximum absolute atomic E-state index is 11.1. The van der Waals surface area contributed by atoms with Gasteiger partial charge in [-0.3, -0.25) is 4.79 Å². The molecule has 0 bridgehead atoms. The van der Waals surface area contributed by atoms with E-state index < -0.39 is 11.9 Å². The normalized spacial score (nSPS) is 12.4. The van der Waals surface area contributed by atoms with Crippen molar-refractivity contribution >= 4 is 51.2 Å². The fourth-order valence-corrected chi connectivity index (χ4v) is 3.32. The van der Waals surface area contributed by atoms with Gasteiger partial charge < -0.3 is 10.2 Å². The van der Waals surface area contributed by atoms with Crippen LogP contribution in [0.4, 0.5) is 0 Å². The lowest BCUT2D eigenvalue weighted by atomic mass is 9.95. The Morgan fingerprint density at radius 1 is 1.38 bits per heavy atom. The van der Waals surface area contributed by atoms with Crippen LogP contribution < -0.4 is 0 Å². The van der Waals surface area contributed by atoms with Gasteiger partial charge in [0.1, 0.15) is 5.75 Å². The summed E-state index contributed by atoms with van der Waals surface area (Å²) in [6.45, 7) is 1.96. The summed E-state index contributed by atoms with van der Waals surface area (Å²) in [5.74, 6) is -1.06. The third kappa shape index (κ3) is 3.22. The molecule has 0 saturated carbocycles. The van der Waals surface area contributed by atoms with Crippen LogP contribution in [0.1, 0.15) is 31.2 Å². The van der Waals surface area contributed by atoms with Crippen molar-refractivity contribution in [1.29, 1.82) is 0 Å². The first kappa shape index (κ1) is 14.0. The van der Waals surface area contributed by atoms with Crippen LogP contribution in [-0.2, 0) is 4.79 Å². The zero-order valence-electron chi connectivity index (χ0n) is 8.70. The van der Waals surface area contributed by atoms with E-state index >= 15 is 0 Å². The Kier molecular flexibility index (Phi) is 5.29. The molecule has 2 N–H and O–H groups in total. The van der Waals surface area contributed by atoms with Crippen LogP contribution >= 0.6 is 45.2 Å². The van der Waals surface area contributed by atoms with Crippen molar-refractivity contribution in [2.75, 3.05) is 0 Å². The highest BCUT2D eigenvalue weighted by Gasteiger charge is 2.20. The summed E-state index contributed by atoms with van der Waals surface area (Å²) in [5.41, 5.74) is 0.765. The molecule has 1 rings (SSSR count). The molecule has 0 saturated heterocycles. The van der Waals surface area contributed by atoms with Gasteiger partial charge in [-0.15, -0.1) is 0 Å². The highest BCUT2D eigenvalue weighted by molar-refractivity contribution is 14.1. The van der Waals surface area contributed by atoms with E-state index in [1.165, 1.54) is 0 Å². The fourth-order valence-electron chi connectivity index (χ4n) is 1.51. The molecular weight excluding hydrogens is 434 g/mol. The van der Waals surface area contributed by atoms with Crippen molar-refractivity contribution in [3.63, 3.8) is 0 Å². The van der Waals surface area contributed by atoms with E-state index in [4.69, 9.17) is 5.11 Å². The summed E-state index contributed by atoms with van der Waals surface area (Å²) in [6, 6.07) is 3.49. The molecular formula is C11H12I2O3. The van der Waals surface area contributed by atoms with Crippen LogP contribution in [0.3, 0.4) is 0 Å². The van der Waals surface area contributed by atoms with Gasteiger partial charge in [-0.1, -0.05) is 13.3 Å². The highest BCUT2D eigenvalue weighted by Crippen LogP contribution is 2.32. The van der Waals surface area contributed by atoms with Crippen LogP contribution in [-0.4, -0.2) is 16.2 Å². The summed E-state index contributed by atoms with van der Waals surface area (Å²) >= 11 is 4.03. The Balaban J connectivity index is 3.15. The molecule has 0 aliphatic carbocycles. The highest BCUT2D eigenvalue weighted by atomic mass is 127. The van der Waals surface area contributed by atoms with E-state index in [0.29, 0.717) is 13.6 Å². The quantitative estimate of drug-likeness (QED) is 0.696. The molecule has 0 radical (unpaired) electrons. The van der Waals surface area contributed by atoms with Gasteiger partial charge in [-0.05, 0) is 69.3 Å². The van der Waals surface area contributed by atoms with Crippen molar-refractivity contribution in [2.24, 2.45) is 0 Å². The standard InChI is InChI=1S/C11H12I2O3/c1-2-3-7(11(15)16)6-4-8(12)10(14)9(13)5-6/h4-5,7,14H,2-3H2,1H3,(H,15,16). The second-order valence-corrected chi connectivity index (χ2v) is 5.84. The van der Waals surface area contributed by atoms with Crippen LogP contribution in [0.25, 0.3) is 0 Å². The second-order valence-electron chi connectivity index (χ2n) is 3.51. The number of halogens is 2. The Labute approximate surface area is 122 Å². The Morgan fingerprint density at radius 2 is 1.88 bits per heavy atom. The number of phenols is 1. The van der Waals surface area contributed by atoms with Gasteiger partial charge in [0, 0.05) is 0 Å². The summed E-state index contributed by atoms with van der Waals surface area (Å²) in [7, 11) is 0. The summed E-state index contributed by atoms with van der Waals surface area (Å²) in [4.78, 5) is 11.1. The summed E-state index contributed by atoms with van der Waals surface area (Å²) in [5, 5.41) is 18.8. The van der Waals surface area contributed by atoms with Gasteiger partial charge >= 0.3 is 5.97 Å². The molecule has 16 heavy (non-hydrogen) atoms. The number of carbonyl (C=O) groups is 1. The fraction of sp³-hybridized carbons (Fsp3) is 0.364. The topological polar surface area (TPSA) is 57.5 Å². The van der Waals surface area contributed by atoms with Crippen molar-refractivity contribution < 1.29 is 15.0 Å². The van der Waals surface area contributed by atoms with Crippen LogP contribution in [0, 0.1) is 7.14 Å². The number of phenolic OH excluding ortho intramolecular Hbond substituents is 1. The Hall–Kier alpha value is -0.0500. The summed E-state index contributed by atoms with van der Waals surface area (Å²) in [6.07, 6.45) is 1.44. The van der Waals surface area contributed by atoms with E-state index in [2.05, 4.69) is 0 Å². The number of aromatic hydroxyl groups is 1. The van der Waals surface area contributed by atoms with E-state index in [9.17, 15) is 9.90 Å². The Morgan fingerprint density at radius 3 is 2.25 bits per heavy atom. The van der Waals surface area contributed by atoms with Crippen molar-refractivity contribution in [3.8, 4) is 5.75 Å². The number of carboxylic acids is 1. The molecule has 0 heterocycles. The first-order valence-electron chi connectivity index (χ1n) is 4.88. The van der Waals surface area contributed by atoms with Gasteiger partial charge in [0.2, 0.25) is 0 Å². The van der Waals surface area contributed by atoms with Gasteiger partial charge in [0.25, 0.3) is 0 Å². The molecule has 0 fully saturated rings. The average molecular weight is 446 g/mol. The molecule has 1 unspecified atom stereocenters. The molecule has 0 aromatic heterocycles. The van der Waals surface area contributed by atoms with E-state index in [-0.39, 0.29) is 5.75 Å². The summed E-state index contributed by atoms with van der Waals surface area (Å²) < 4.78 is 1.39. The molecule has 0 amide bonds. The molecule has 0 aliphatic heterocycles. The maximum atomic E-state index is 11.1. The van der Waals surface area contributed by atoms with E-state index in [1.807, 2.05) is 52.1 Å². The minimum absolute atomic E-state index is 0.227. The SMILES string of the molecule is CCCC(C(=O)O)c1cc(I)c(O)c(I)c1. The third-order valence-electron chi connectivity index (χ3n) is 2.32. The van der Waals surface area contributed by atoms with Gasteiger partial charge in [0.05, 0.1) is 13.1 Å². The molecule has 88 valence electrons. The number of benzene rings is 1. The zero-order valence-corrected chi connectivity index (χ0v) is 13.0. The Bertz CT molecular complexity index is 381. The molecule has 1 aromatic carbocycles. The van der Waals surface area contributed by atoms with Crippen molar-refractivity contribution in [2.45, 2.75) is 25.7 Å². The lowest BCUT2D eigenvalue weighted by molar-refractivity contribution is -0.139. The number of hydrogen-bond acceptors (Lipinski definition) is 2. The third-order valence-corrected chi connectivity index (χ3v) is 3.96. The van der Waals surface area contributed by atoms with Gasteiger partial charge in [0.15, 0.2) is 0 Å². The van der Waals surface area contributed by atoms with Crippen LogP contribution in [0.5, 0.6) is 5.75 Å². The van der Waals surface area contributed by atoms with Crippen LogP contribution in [0.15, 0.2) is 12.1 Å². The first-order valence-corrected chi connectivity index (χ1v) is 7.03. The predicted molar refractivity (Wildman–Crippen MR) is 78.8 cm³/mol. The van der Waals surface area contributed by atoms with Crippen molar-refractivity contribution in [1.82, 2.24) is 0 Å². The maximum Gasteiger partial charge on any atom is 0.310 e.